The summed E-state index contributed by atoms with van der Waals surface area (Å²) in [7, 11) is 3.30. The standard InChI is InChI=1S/C27H29N3O3S2/c1-32-23-10-6-20(7-11-23)18-34-15-14-29-17-26(31)30-25-5-3-4-22(16-28)27(25)35-19-21-8-12-24(33-2)13-9-21/h3-13,29H,14-15,17-19H2,1-2H3,(H,30,31). The molecule has 0 bridgehead atoms. The number of nitrogens with one attached hydrogen (secondary N) is 2. The maximum absolute atomic E-state index is 12.5. The minimum atomic E-state index is -0.133. The third-order valence-electron chi connectivity index (χ3n) is 5.09. The molecule has 2 N–H and O–H groups in total. The van der Waals surface area contributed by atoms with E-state index in [1.165, 1.54) is 17.3 Å². The Morgan fingerprint density at radius 1 is 0.914 bits per heavy atom. The fourth-order valence-corrected chi connectivity index (χ4v) is 5.12. The van der Waals surface area contributed by atoms with E-state index in [1.807, 2.05) is 54.2 Å². The molecule has 8 heteroatoms. The Balaban J connectivity index is 1.45. The van der Waals surface area contributed by atoms with Crippen molar-refractivity contribution in [3.63, 3.8) is 0 Å². The van der Waals surface area contributed by atoms with Crippen molar-refractivity contribution in [2.45, 2.75) is 16.4 Å². The van der Waals surface area contributed by atoms with Gasteiger partial charge in [0.1, 0.15) is 17.6 Å². The highest BCUT2D eigenvalue weighted by Crippen LogP contribution is 2.33. The first-order valence-corrected chi connectivity index (χ1v) is 13.3. The number of thioether (sulfide) groups is 2. The molecule has 0 aliphatic carbocycles. The molecular weight excluding hydrogens is 478 g/mol. The number of hydrogen-bond acceptors (Lipinski definition) is 7. The monoisotopic (exact) mass is 507 g/mol. The zero-order valence-electron chi connectivity index (χ0n) is 19.9. The highest BCUT2D eigenvalue weighted by atomic mass is 32.2. The van der Waals surface area contributed by atoms with E-state index in [-0.39, 0.29) is 12.5 Å². The van der Waals surface area contributed by atoms with Crippen molar-refractivity contribution < 1.29 is 14.3 Å². The predicted molar refractivity (Wildman–Crippen MR) is 144 cm³/mol. The van der Waals surface area contributed by atoms with E-state index in [1.54, 1.807) is 26.4 Å². The average Bonchev–Trinajstić information content (AvgIpc) is 2.90. The molecule has 0 saturated carbocycles. The van der Waals surface area contributed by atoms with Gasteiger partial charge in [-0.15, -0.1) is 11.8 Å². The molecule has 0 saturated heterocycles. The molecule has 0 heterocycles. The van der Waals surface area contributed by atoms with Gasteiger partial charge >= 0.3 is 0 Å². The molecule has 1 amide bonds. The van der Waals surface area contributed by atoms with Crippen molar-refractivity contribution in [3.8, 4) is 17.6 Å². The van der Waals surface area contributed by atoms with Gasteiger partial charge in [0.15, 0.2) is 0 Å². The first-order valence-electron chi connectivity index (χ1n) is 11.1. The number of rotatable bonds is 13. The fourth-order valence-electron chi connectivity index (χ4n) is 3.21. The Hall–Kier alpha value is -3.12. The van der Waals surface area contributed by atoms with Crippen molar-refractivity contribution in [1.29, 1.82) is 5.26 Å². The van der Waals surface area contributed by atoms with Gasteiger partial charge in [-0.2, -0.15) is 17.0 Å². The van der Waals surface area contributed by atoms with Gasteiger partial charge in [0.2, 0.25) is 5.91 Å². The quantitative estimate of drug-likeness (QED) is 0.239. The second-order valence-corrected chi connectivity index (χ2v) is 9.65. The zero-order chi connectivity index (χ0) is 24.9. The molecule has 0 fully saturated rings. The van der Waals surface area contributed by atoms with Crippen molar-refractivity contribution >= 4 is 35.1 Å². The lowest BCUT2D eigenvalue weighted by Crippen LogP contribution is -2.29. The number of hydrogen-bond donors (Lipinski definition) is 2. The van der Waals surface area contributed by atoms with Crippen LogP contribution in [0.1, 0.15) is 16.7 Å². The van der Waals surface area contributed by atoms with Gasteiger partial charge in [-0.3, -0.25) is 4.79 Å². The summed E-state index contributed by atoms with van der Waals surface area (Å²) in [5, 5.41) is 15.7. The molecule has 0 spiro atoms. The van der Waals surface area contributed by atoms with Crippen LogP contribution >= 0.6 is 23.5 Å². The van der Waals surface area contributed by atoms with E-state index in [0.717, 1.165) is 40.0 Å². The molecule has 0 atom stereocenters. The number of nitriles is 1. The largest absolute Gasteiger partial charge is 0.497 e. The number of methoxy groups -OCH3 is 2. The van der Waals surface area contributed by atoms with E-state index < -0.39 is 0 Å². The molecule has 3 aromatic carbocycles. The lowest BCUT2D eigenvalue weighted by atomic mass is 10.2. The molecule has 6 nitrogen and oxygen atoms in total. The second-order valence-electron chi connectivity index (χ2n) is 7.56. The summed E-state index contributed by atoms with van der Waals surface area (Å²) in [6.07, 6.45) is 0. The topological polar surface area (TPSA) is 83.4 Å². The first kappa shape index (κ1) is 26.5. The number of anilines is 1. The Bertz CT molecular complexity index is 1130. The van der Waals surface area contributed by atoms with Crippen LogP contribution in [-0.4, -0.2) is 39.0 Å². The average molecular weight is 508 g/mol. The molecule has 0 radical (unpaired) electrons. The van der Waals surface area contributed by atoms with Crippen LogP contribution in [0.3, 0.4) is 0 Å². The number of ether oxygens (including phenoxy) is 2. The van der Waals surface area contributed by atoms with Gasteiger partial charge in [-0.1, -0.05) is 30.3 Å². The van der Waals surface area contributed by atoms with E-state index in [4.69, 9.17) is 9.47 Å². The second kappa shape index (κ2) is 14.3. The summed E-state index contributed by atoms with van der Waals surface area (Å²) in [5.74, 6) is 4.01. The summed E-state index contributed by atoms with van der Waals surface area (Å²) < 4.78 is 10.4. The highest BCUT2D eigenvalue weighted by Gasteiger charge is 2.12. The fraction of sp³-hybridized carbons (Fsp3) is 0.259. The highest BCUT2D eigenvalue weighted by molar-refractivity contribution is 7.98. The molecule has 0 unspecified atom stereocenters. The zero-order valence-corrected chi connectivity index (χ0v) is 21.5. The molecule has 0 aromatic heterocycles. The number of carbonyl (C=O) groups is 1. The van der Waals surface area contributed by atoms with Gasteiger partial charge in [0.25, 0.3) is 0 Å². The molecule has 0 aliphatic heterocycles. The molecule has 182 valence electrons. The van der Waals surface area contributed by atoms with Crippen LogP contribution in [-0.2, 0) is 16.3 Å². The predicted octanol–water partition coefficient (Wildman–Crippen LogP) is 5.33. The van der Waals surface area contributed by atoms with E-state index in [9.17, 15) is 10.1 Å². The summed E-state index contributed by atoms with van der Waals surface area (Å²) >= 11 is 3.34. The van der Waals surface area contributed by atoms with Crippen molar-refractivity contribution in [1.82, 2.24) is 5.32 Å². The Labute approximate surface area is 215 Å². The summed E-state index contributed by atoms with van der Waals surface area (Å²) in [6.45, 7) is 0.939. The van der Waals surface area contributed by atoms with Crippen molar-refractivity contribution in [3.05, 3.63) is 83.4 Å². The van der Waals surface area contributed by atoms with Gasteiger partial charge in [0.05, 0.1) is 32.0 Å². The summed E-state index contributed by atoms with van der Waals surface area (Å²) in [5.41, 5.74) is 3.55. The lowest BCUT2D eigenvalue weighted by molar-refractivity contribution is -0.115. The Morgan fingerprint density at radius 3 is 2.14 bits per heavy atom. The molecule has 35 heavy (non-hydrogen) atoms. The maximum atomic E-state index is 12.5. The van der Waals surface area contributed by atoms with Crippen LogP contribution in [0.15, 0.2) is 71.6 Å². The van der Waals surface area contributed by atoms with Crippen molar-refractivity contribution in [2.24, 2.45) is 0 Å². The third kappa shape index (κ3) is 8.55. The molecule has 3 aromatic rings. The Kier molecular flexibility index (Phi) is 10.8. The van der Waals surface area contributed by atoms with Crippen molar-refractivity contribution in [2.75, 3.05) is 38.4 Å². The van der Waals surface area contributed by atoms with Gasteiger partial charge in [0, 0.05) is 28.7 Å². The molecular formula is C27H29N3O3S2. The SMILES string of the molecule is COc1ccc(CSCCNCC(=O)Nc2cccc(C#N)c2SCc2ccc(OC)cc2)cc1. The van der Waals surface area contributed by atoms with Crippen LogP contribution in [0.4, 0.5) is 5.69 Å². The minimum Gasteiger partial charge on any atom is -0.497 e. The minimum absolute atomic E-state index is 0.133. The number of carbonyl (C=O) groups excluding carboxylic acids is 1. The van der Waals surface area contributed by atoms with Gasteiger partial charge < -0.3 is 20.1 Å². The summed E-state index contributed by atoms with van der Waals surface area (Å²) in [4.78, 5) is 13.3. The van der Waals surface area contributed by atoms with Crippen LogP contribution in [0.2, 0.25) is 0 Å². The van der Waals surface area contributed by atoms with Gasteiger partial charge in [-0.05, 0) is 47.5 Å². The van der Waals surface area contributed by atoms with Crippen LogP contribution in [0.5, 0.6) is 11.5 Å². The van der Waals surface area contributed by atoms with Crippen LogP contribution < -0.4 is 20.1 Å². The summed E-state index contributed by atoms with van der Waals surface area (Å²) in [6, 6.07) is 23.5. The van der Waals surface area contributed by atoms with E-state index in [2.05, 4.69) is 28.8 Å². The van der Waals surface area contributed by atoms with Crippen LogP contribution in [0.25, 0.3) is 0 Å². The third-order valence-corrected chi connectivity index (χ3v) is 7.32. The molecule has 3 rings (SSSR count). The van der Waals surface area contributed by atoms with Crippen LogP contribution in [0, 0.1) is 11.3 Å². The number of benzene rings is 3. The van der Waals surface area contributed by atoms with Gasteiger partial charge in [-0.25, -0.2) is 0 Å². The van der Waals surface area contributed by atoms with E-state index >= 15 is 0 Å². The molecule has 0 aliphatic rings. The Morgan fingerprint density at radius 2 is 1.54 bits per heavy atom. The first-order chi connectivity index (χ1) is 17.1. The maximum Gasteiger partial charge on any atom is 0.238 e. The lowest BCUT2D eigenvalue weighted by Gasteiger charge is -2.13. The number of nitrogens with zero attached hydrogens (tertiary/aromatic N) is 1. The normalized spacial score (nSPS) is 10.4. The number of amides is 1. The smallest absolute Gasteiger partial charge is 0.238 e. The van der Waals surface area contributed by atoms with E-state index in [0.29, 0.717) is 17.0 Å².